The summed E-state index contributed by atoms with van der Waals surface area (Å²) in [5.41, 5.74) is 0. The predicted molar refractivity (Wildman–Crippen MR) is 58.7 cm³/mol. The molecule has 6 heteroatoms. The average molecular weight is 226 g/mol. The van der Waals surface area contributed by atoms with E-state index >= 15 is 0 Å². The second-order valence-corrected chi connectivity index (χ2v) is 3.40. The molecule has 1 aromatic rings. The molecule has 1 amide bonds. The first kappa shape index (κ1) is 12.6. The van der Waals surface area contributed by atoms with Gasteiger partial charge in [0.05, 0.1) is 13.1 Å². The van der Waals surface area contributed by atoms with Crippen LogP contribution in [0.5, 0.6) is 0 Å². The van der Waals surface area contributed by atoms with Crippen LogP contribution in [0.2, 0.25) is 0 Å². The summed E-state index contributed by atoms with van der Waals surface area (Å²) in [4.78, 5) is 17.4. The van der Waals surface area contributed by atoms with Gasteiger partial charge in [-0.25, -0.2) is 0 Å². The highest BCUT2D eigenvalue weighted by Gasteiger charge is 2.09. The Morgan fingerprint density at radius 1 is 1.44 bits per heavy atom. The molecule has 0 radical (unpaired) electrons. The highest BCUT2D eigenvalue weighted by atomic mass is 16.5. The molecule has 0 aromatic carbocycles. The van der Waals surface area contributed by atoms with Crippen LogP contribution in [0.3, 0.4) is 0 Å². The van der Waals surface area contributed by atoms with E-state index < -0.39 is 0 Å². The molecule has 0 saturated carbocycles. The van der Waals surface area contributed by atoms with E-state index in [0.29, 0.717) is 24.8 Å². The Labute approximate surface area is 95.0 Å². The van der Waals surface area contributed by atoms with E-state index in [1.807, 2.05) is 13.8 Å². The quantitative estimate of drug-likeness (QED) is 0.757. The molecule has 0 unspecified atom stereocenters. The molecular weight excluding hydrogens is 208 g/mol. The van der Waals surface area contributed by atoms with E-state index in [-0.39, 0.29) is 5.91 Å². The fourth-order valence-corrected chi connectivity index (χ4v) is 1.38. The van der Waals surface area contributed by atoms with Crippen LogP contribution in [0.25, 0.3) is 0 Å². The van der Waals surface area contributed by atoms with Gasteiger partial charge >= 0.3 is 0 Å². The second kappa shape index (κ2) is 6.22. The van der Waals surface area contributed by atoms with Gasteiger partial charge in [-0.1, -0.05) is 5.16 Å². The molecule has 1 aromatic heterocycles. The van der Waals surface area contributed by atoms with Gasteiger partial charge in [-0.15, -0.1) is 0 Å². The van der Waals surface area contributed by atoms with Crippen molar-refractivity contribution in [3.63, 3.8) is 0 Å². The Kier molecular flexibility index (Phi) is 4.91. The zero-order valence-electron chi connectivity index (χ0n) is 9.99. The van der Waals surface area contributed by atoms with Crippen molar-refractivity contribution in [2.24, 2.45) is 0 Å². The SMILES string of the molecule is CCN(CC)C(=O)CNCc1nc(C)no1. The summed E-state index contributed by atoms with van der Waals surface area (Å²) in [7, 11) is 0. The van der Waals surface area contributed by atoms with E-state index in [0.717, 1.165) is 13.1 Å². The van der Waals surface area contributed by atoms with Gasteiger partial charge in [0.2, 0.25) is 11.8 Å². The van der Waals surface area contributed by atoms with Crippen LogP contribution in [0.15, 0.2) is 4.52 Å². The van der Waals surface area contributed by atoms with Crippen LogP contribution < -0.4 is 5.32 Å². The van der Waals surface area contributed by atoms with Gasteiger partial charge < -0.3 is 9.42 Å². The molecule has 0 aliphatic rings. The third-order valence-corrected chi connectivity index (χ3v) is 2.24. The molecule has 1 rings (SSSR count). The van der Waals surface area contributed by atoms with Crippen LogP contribution in [0, 0.1) is 6.92 Å². The van der Waals surface area contributed by atoms with E-state index in [4.69, 9.17) is 4.52 Å². The first-order valence-corrected chi connectivity index (χ1v) is 5.45. The Morgan fingerprint density at radius 3 is 2.62 bits per heavy atom. The molecule has 90 valence electrons. The maximum atomic E-state index is 11.6. The minimum atomic E-state index is 0.0845. The fourth-order valence-electron chi connectivity index (χ4n) is 1.38. The summed E-state index contributed by atoms with van der Waals surface area (Å²) in [5, 5.41) is 6.64. The number of hydrogen-bond donors (Lipinski definition) is 1. The first-order valence-electron chi connectivity index (χ1n) is 5.45. The molecule has 0 saturated heterocycles. The largest absolute Gasteiger partial charge is 0.342 e. The van der Waals surface area contributed by atoms with Gasteiger partial charge in [0, 0.05) is 13.1 Å². The molecular formula is C10H18N4O2. The van der Waals surface area contributed by atoms with Crippen molar-refractivity contribution < 1.29 is 9.32 Å². The van der Waals surface area contributed by atoms with Crippen LogP contribution in [0.4, 0.5) is 0 Å². The number of rotatable bonds is 6. The Hall–Kier alpha value is -1.43. The number of hydrogen-bond acceptors (Lipinski definition) is 5. The fraction of sp³-hybridized carbons (Fsp3) is 0.700. The lowest BCUT2D eigenvalue weighted by Gasteiger charge is -2.18. The van der Waals surface area contributed by atoms with Gasteiger partial charge in [-0.2, -0.15) is 4.98 Å². The van der Waals surface area contributed by atoms with E-state index in [1.54, 1.807) is 11.8 Å². The van der Waals surface area contributed by atoms with Crippen molar-refractivity contribution in [3.05, 3.63) is 11.7 Å². The number of nitrogens with one attached hydrogen (secondary N) is 1. The lowest BCUT2D eigenvalue weighted by atomic mass is 10.4. The van der Waals surface area contributed by atoms with E-state index in [2.05, 4.69) is 15.5 Å². The van der Waals surface area contributed by atoms with Crippen molar-refractivity contribution in [2.45, 2.75) is 27.3 Å². The highest BCUT2D eigenvalue weighted by Crippen LogP contribution is 1.94. The molecule has 0 aliphatic heterocycles. The normalized spacial score (nSPS) is 10.4. The number of carbonyl (C=O) groups excluding carboxylic acids is 1. The lowest BCUT2D eigenvalue weighted by Crippen LogP contribution is -2.37. The van der Waals surface area contributed by atoms with Gasteiger partial charge in [-0.05, 0) is 20.8 Å². The van der Waals surface area contributed by atoms with Crippen molar-refractivity contribution in [3.8, 4) is 0 Å². The van der Waals surface area contributed by atoms with E-state index in [1.165, 1.54) is 0 Å². The van der Waals surface area contributed by atoms with Crippen LogP contribution >= 0.6 is 0 Å². The minimum Gasteiger partial charge on any atom is -0.342 e. The number of carbonyl (C=O) groups is 1. The number of likely N-dealkylation sites (N-methyl/N-ethyl adjacent to an activating group) is 1. The third-order valence-electron chi connectivity index (χ3n) is 2.24. The Bertz CT molecular complexity index is 333. The summed E-state index contributed by atoms with van der Waals surface area (Å²) < 4.78 is 4.91. The summed E-state index contributed by atoms with van der Waals surface area (Å²) >= 11 is 0. The third kappa shape index (κ3) is 3.62. The summed E-state index contributed by atoms with van der Waals surface area (Å²) in [6, 6.07) is 0. The topological polar surface area (TPSA) is 71.3 Å². The van der Waals surface area contributed by atoms with Crippen molar-refractivity contribution in [1.82, 2.24) is 20.4 Å². The van der Waals surface area contributed by atoms with Crippen molar-refractivity contribution >= 4 is 5.91 Å². The van der Waals surface area contributed by atoms with Gasteiger partial charge in [-0.3, -0.25) is 10.1 Å². The highest BCUT2D eigenvalue weighted by molar-refractivity contribution is 5.78. The number of aromatic nitrogens is 2. The summed E-state index contributed by atoms with van der Waals surface area (Å²) in [6.07, 6.45) is 0. The van der Waals surface area contributed by atoms with Gasteiger partial charge in [0.1, 0.15) is 0 Å². The van der Waals surface area contributed by atoms with Crippen LogP contribution in [-0.4, -0.2) is 40.6 Å². The van der Waals surface area contributed by atoms with E-state index in [9.17, 15) is 4.79 Å². The number of aryl methyl sites for hydroxylation is 1. The second-order valence-electron chi connectivity index (χ2n) is 3.40. The van der Waals surface area contributed by atoms with Crippen LogP contribution in [-0.2, 0) is 11.3 Å². The molecule has 0 atom stereocenters. The monoisotopic (exact) mass is 226 g/mol. The molecule has 0 spiro atoms. The van der Waals surface area contributed by atoms with Crippen molar-refractivity contribution in [2.75, 3.05) is 19.6 Å². The smallest absolute Gasteiger partial charge is 0.240 e. The number of nitrogens with zero attached hydrogens (tertiary/aromatic N) is 3. The first-order chi connectivity index (χ1) is 7.67. The molecule has 1 N–H and O–H groups in total. The van der Waals surface area contributed by atoms with Gasteiger partial charge in [0.15, 0.2) is 5.82 Å². The maximum absolute atomic E-state index is 11.6. The average Bonchev–Trinajstić information content (AvgIpc) is 2.66. The van der Waals surface area contributed by atoms with Gasteiger partial charge in [0.25, 0.3) is 0 Å². The Morgan fingerprint density at radius 2 is 2.12 bits per heavy atom. The Balaban J connectivity index is 2.27. The zero-order valence-corrected chi connectivity index (χ0v) is 9.99. The molecule has 0 aliphatic carbocycles. The zero-order chi connectivity index (χ0) is 12.0. The predicted octanol–water partition coefficient (Wildman–Crippen LogP) is 0.336. The molecule has 0 bridgehead atoms. The molecule has 1 heterocycles. The standard InChI is InChI=1S/C10H18N4O2/c1-4-14(5-2)10(15)7-11-6-9-12-8(3)13-16-9/h11H,4-7H2,1-3H3. The summed E-state index contributed by atoms with van der Waals surface area (Å²) in [6.45, 7) is 7.86. The lowest BCUT2D eigenvalue weighted by molar-refractivity contribution is -0.129. The minimum absolute atomic E-state index is 0.0845. The van der Waals surface area contributed by atoms with Crippen LogP contribution in [0.1, 0.15) is 25.6 Å². The molecule has 16 heavy (non-hydrogen) atoms. The van der Waals surface area contributed by atoms with Crippen molar-refractivity contribution in [1.29, 1.82) is 0 Å². The summed E-state index contributed by atoms with van der Waals surface area (Å²) in [5.74, 6) is 1.19. The molecule has 6 nitrogen and oxygen atoms in total. The maximum Gasteiger partial charge on any atom is 0.240 e. The molecule has 0 fully saturated rings. The number of amides is 1.